The summed E-state index contributed by atoms with van der Waals surface area (Å²) in [6.45, 7) is 28.5. The van der Waals surface area contributed by atoms with Gasteiger partial charge >= 0.3 is 107 Å². The van der Waals surface area contributed by atoms with E-state index in [9.17, 15) is 29.3 Å². The van der Waals surface area contributed by atoms with Crippen molar-refractivity contribution >= 4 is 203 Å². The molecule has 0 aromatic heterocycles. The molecule has 3 unspecified atom stereocenters. The number of Topliss-reactive ketones (excluding diaryl/α,β-unsaturated/α-hetero) is 2. The van der Waals surface area contributed by atoms with E-state index < -0.39 is 11.2 Å². The predicted octanol–water partition coefficient (Wildman–Crippen LogP) is 30.6. The van der Waals surface area contributed by atoms with E-state index >= 15 is 0 Å². The molecule has 142 heavy (non-hydrogen) atoms. The first kappa shape index (κ1) is 133. The number of unbranched alkanes of at least 4 members (excludes halogenated alkanes) is 2. The summed E-state index contributed by atoms with van der Waals surface area (Å²) in [5, 5.41) is 42.7. The van der Waals surface area contributed by atoms with Crippen LogP contribution in [0.4, 0.5) is 4.39 Å². The maximum Gasteiger partial charge on any atom is 1.00 e. The van der Waals surface area contributed by atoms with Crippen molar-refractivity contribution in [3.63, 3.8) is 0 Å². The van der Waals surface area contributed by atoms with Crippen LogP contribution < -0.4 is 75.4 Å². The molecule has 10 aliphatic rings. The number of carbonyl (C=O) groups excluding carboxylic acids is 2. The zero-order chi connectivity index (χ0) is 103. The van der Waals surface area contributed by atoms with E-state index in [1.807, 2.05) is 59.5 Å². The first-order chi connectivity index (χ1) is 66.9. The number of likely N-dealkylation sites (tertiary alicyclic amines) is 1. The number of fused-ring (bicyclic) bond motifs is 5. The van der Waals surface area contributed by atoms with E-state index in [2.05, 4.69) is 367 Å². The summed E-state index contributed by atoms with van der Waals surface area (Å²) in [5.41, 5.74) is 21.5. The van der Waals surface area contributed by atoms with Crippen molar-refractivity contribution in [3.05, 3.63) is 312 Å². The molecule has 3 atom stereocenters. The number of halogens is 12. The molecule has 4 saturated carbocycles. The quantitative estimate of drug-likeness (QED) is 0.0346. The Bertz CT molecular complexity index is 4990. The molecule has 9 aromatic carbocycles. The van der Waals surface area contributed by atoms with E-state index in [4.69, 9.17) is 5.11 Å². The zero-order valence-electron chi connectivity index (χ0n) is 86.8. The summed E-state index contributed by atoms with van der Waals surface area (Å²) in [6.07, 6.45) is 37.5. The number of aliphatic hydroxyl groups excluding tert-OH is 1. The van der Waals surface area contributed by atoms with Crippen LogP contribution in [-0.4, -0.2) is 92.9 Å². The van der Waals surface area contributed by atoms with Gasteiger partial charge in [0.05, 0.1) is 13.3 Å². The van der Waals surface area contributed by atoms with Crippen LogP contribution in [-0.2, 0) is 50.5 Å². The number of ketones is 2. The number of phenols is 1. The molecule has 5 fully saturated rings. The molecule has 0 amide bonds. The Morgan fingerprint density at radius 2 is 0.852 bits per heavy atom. The van der Waals surface area contributed by atoms with Crippen LogP contribution in [0.3, 0.4) is 0 Å². The van der Waals surface area contributed by atoms with Gasteiger partial charge in [0.15, 0.2) is 11.6 Å². The molecule has 7 nitrogen and oxygen atoms in total. The van der Waals surface area contributed by atoms with Gasteiger partial charge in [-0.05, 0) is 301 Å². The van der Waals surface area contributed by atoms with E-state index in [1.165, 1.54) is 199 Å². The number of aliphatic hydroxyl groups is 2. The van der Waals surface area contributed by atoms with Crippen LogP contribution in [0.15, 0.2) is 210 Å². The number of hydrogen-bond donors (Lipinski definition) is 3. The summed E-state index contributed by atoms with van der Waals surface area (Å²) in [4.78, 5) is 26.0. The van der Waals surface area contributed by atoms with Crippen LogP contribution >= 0.6 is 179 Å². The van der Waals surface area contributed by atoms with E-state index in [0.717, 1.165) is 147 Å². The van der Waals surface area contributed by atoms with Gasteiger partial charge in [-0.2, -0.15) is 6.42 Å². The molecule has 1 aliphatic heterocycles. The van der Waals surface area contributed by atoms with Gasteiger partial charge in [-0.25, -0.2) is 0 Å². The van der Waals surface area contributed by atoms with Crippen LogP contribution in [0.25, 0.3) is 0 Å². The number of aryl methyl sites for hydroxylation is 9. The van der Waals surface area contributed by atoms with Gasteiger partial charge in [-0.15, -0.1) is 52.9 Å². The van der Waals surface area contributed by atoms with Crippen LogP contribution in [0.5, 0.6) is 5.75 Å². The number of carbonyl (C=O) groups is 2. The average Bonchev–Trinajstić information content (AvgIpc) is 1.31. The Morgan fingerprint density at radius 1 is 0.493 bits per heavy atom. The molecule has 0 bridgehead atoms. The van der Waals surface area contributed by atoms with Crippen LogP contribution in [0.2, 0.25) is 18.1 Å². The Labute approximate surface area is 1020 Å². The minimum absolute atomic E-state index is 0. The number of benzene rings is 9. The molecule has 4 spiro atoms. The topological polar surface area (TPSA) is 121 Å². The van der Waals surface area contributed by atoms with E-state index in [0.29, 0.717) is 46.5 Å². The minimum Gasteiger partial charge on any atom is 1.00 e. The second-order valence-electron chi connectivity index (χ2n) is 40.8. The Morgan fingerprint density at radius 3 is 1.27 bits per heavy atom. The molecular formula is C118H155BBr10CuFIKLiNO6Si. The molecule has 1 heterocycles. The van der Waals surface area contributed by atoms with Crippen molar-refractivity contribution in [2.45, 2.75) is 316 Å². The van der Waals surface area contributed by atoms with Gasteiger partial charge < -0.3 is 32.2 Å². The molecule has 1 saturated heterocycles. The number of nitrogens with zero attached hydrogens (tertiary/aromatic N) is 1. The van der Waals surface area contributed by atoms with Gasteiger partial charge in [-0.1, -0.05) is 373 Å². The maximum atomic E-state index is 12.6. The predicted molar refractivity (Wildman–Crippen MR) is 637 cm³/mol. The molecular weight excluding hydrogens is 2620 g/mol. The maximum absolute atomic E-state index is 12.6. The first-order valence-corrected chi connectivity index (χ1v) is 65.6. The van der Waals surface area contributed by atoms with Crippen LogP contribution in [0, 0.1) is 62.2 Å². The summed E-state index contributed by atoms with van der Waals surface area (Å²) in [5.74, 6) is 2.47. The molecule has 9 aliphatic carbocycles. The monoisotopic (exact) mass is 2770 g/mol. The molecule has 9 aromatic rings. The van der Waals surface area contributed by atoms with Gasteiger partial charge in [0.25, 0.3) is 0 Å². The van der Waals surface area contributed by atoms with Crippen molar-refractivity contribution in [2.75, 3.05) is 43.6 Å². The second-order valence-corrected chi connectivity index (χ2v) is 57.6. The summed E-state index contributed by atoms with van der Waals surface area (Å²) in [7, 11) is -0.171. The Hall–Kier alpha value is 0.455. The fourth-order valence-electron chi connectivity index (χ4n) is 22.4. The Balaban J connectivity index is 0.000000284. The molecule has 19 rings (SSSR count). The number of phenolic OH excluding ortho intramolecular Hbond substituents is 1. The van der Waals surface area contributed by atoms with Crippen molar-refractivity contribution in [1.29, 1.82) is 0 Å². The third kappa shape index (κ3) is 41.2. The largest absolute Gasteiger partial charge is 1.00 e. The van der Waals surface area contributed by atoms with E-state index in [1.54, 1.807) is 52.2 Å². The molecule has 24 heteroatoms. The Kier molecular flexibility index (Phi) is 64.4. The van der Waals surface area contributed by atoms with Gasteiger partial charge in [-0.3, -0.25) is 14.0 Å². The SMILES string of the molecule is BrB(Br)Br.BrCCCCBr.Brc1ccc(Br)cc1.CC(C)(C)[O-].CC[SiH](CC)CC.Cc1ccc2c(c1)CCC1(CCCC1)C2(O)c1ccc(Br)cc1.Cc1ccc2c(c1)CCC1(CCCC1)C2=O.Cc1ccc2c(c1)CCC1(CCCC1)C2c1ccc(Br)cc1.Cc1ccc2c(c1)CCCC2=O.OCCN1CC(CF)C1.Oc1ccc2c(c1)CCC1(CCCC1)C2c1ccc(Br)cc1.[CH2-]CCC.[Cu][I].[K+].[Li+]. The second kappa shape index (κ2) is 68.8. The number of hydrogen-bond acceptors (Lipinski definition) is 7. The smallest absolute Gasteiger partial charge is 1.00 e. The van der Waals surface area contributed by atoms with Crippen molar-refractivity contribution in [1.82, 2.24) is 4.90 Å². The first-order valence-electron chi connectivity index (χ1n) is 51.2. The van der Waals surface area contributed by atoms with Crippen LogP contribution in [0.1, 0.15) is 331 Å². The third-order valence-electron chi connectivity index (χ3n) is 29.7. The molecule has 0 radical (unpaired) electrons. The zero-order valence-corrected chi connectivity index (χ0v) is 110. The summed E-state index contributed by atoms with van der Waals surface area (Å²) < 4.78 is 17.6. The summed E-state index contributed by atoms with van der Waals surface area (Å²) in [6, 6.07) is 70.8. The minimum atomic E-state index is -0.856. The number of rotatable bonds is 13. The molecule has 772 valence electrons. The van der Waals surface area contributed by atoms with Crippen molar-refractivity contribution < 1.29 is 117 Å². The van der Waals surface area contributed by atoms with Gasteiger partial charge in [0.2, 0.25) is 0 Å². The number of aromatic hydroxyl groups is 1. The average molecular weight is 2780 g/mol. The number of alkyl halides is 3. The fourth-order valence-corrected chi connectivity index (χ4v) is 26.2. The van der Waals surface area contributed by atoms with E-state index in [-0.39, 0.29) is 112 Å². The van der Waals surface area contributed by atoms with Crippen molar-refractivity contribution in [3.8, 4) is 5.75 Å². The molecule has 3 N–H and O–H groups in total. The third-order valence-corrected chi connectivity index (χ3v) is 36.9. The summed E-state index contributed by atoms with van der Waals surface area (Å²) >= 11 is 39.2. The normalized spacial score (nSPS) is 18.7. The standard InChI is InChI=1S/C21H23BrO.C21H23Br.C20H21BrO.C15H18O.C11H12O.C6H4Br2.C6H12FNO.C6H16Si.C4H8Br2.C4H9O.C4H9.BBr3.Cu.HI.K.Li/c1-15-4-9-19-16(14-15)10-13-20(11-2-3-12-20)21(19,23)17-5-7-18(22)8-6-17;1-15-4-9-19-17(14-15)10-13-21(11-2-3-12-21)20(19)16-5-7-18(22)8-6-16;21-16-5-3-14(4-6-16)19-18-8-7-17(22)13-15(18)9-12-20(19)10-1-2-11-20;1-11-4-5-13-12(10-11)6-9-15(14(13)16)7-2-3-8-15;1-8-5-6-10-9(7-8)3-2-4-11(10)12;7-5-1-2-6(8)4-3-5;7-3-6-4-8(5-6)1-2-9;1-4-7(5-2)6-3;5-3-1-2-4-6;1-4(2,3)5;1-3-4-2;2-1(3)4;;;;/h4-9,14,23H,2-3,10-13H2,1H3;4-9,14,20H,2-3,10-13H2,1H3;3-8,13,19,22H,1-2,9-12H2;4-5,10H,2-3,6-9H2,1H3;5-7H,2-4H2,1H3;1-4H;6,9H,1-5H2;7H,4-6H2,1-3H3;1-4H2;1-3H3;1,3-4H2,2H3;;;1H;;/q;;;;;;;;;2*-1;;+1;;2*+1/p-1. The van der Waals surface area contributed by atoms with Gasteiger partial charge in [0.1, 0.15) is 11.4 Å². The van der Waals surface area contributed by atoms with Gasteiger partial charge in [0, 0.05) is 108 Å². The fraction of sp³-hybridized carbons (Fsp3) is 0.517. The number of β-amino-alcohol motifs (C(OH)–C–C–N with tert-alkyl or cyclic N) is 1. The van der Waals surface area contributed by atoms with Crippen molar-refractivity contribution in [2.24, 2.45) is 27.6 Å².